The van der Waals surface area contributed by atoms with Crippen molar-refractivity contribution in [2.75, 3.05) is 6.61 Å². The molecular weight excluding hydrogens is 280 g/mol. The van der Waals surface area contributed by atoms with Gasteiger partial charge in [-0.1, -0.05) is 93.4 Å². The molecule has 0 radical (unpaired) electrons. The monoisotopic (exact) mass is 312 g/mol. The van der Waals surface area contributed by atoms with E-state index in [9.17, 15) is 5.11 Å². The average molecular weight is 312 g/mol. The summed E-state index contributed by atoms with van der Waals surface area (Å²) in [7, 11) is 0. The minimum Gasteiger partial charge on any atom is -0.396 e. The van der Waals surface area contributed by atoms with Gasteiger partial charge in [-0.15, -0.1) is 0 Å². The van der Waals surface area contributed by atoms with Crippen molar-refractivity contribution in [2.45, 2.75) is 48.0 Å². The number of benzene rings is 2. The maximum absolute atomic E-state index is 9.19. The third-order valence-electron chi connectivity index (χ3n) is 3.32. The van der Waals surface area contributed by atoms with E-state index in [-0.39, 0.29) is 6.61 Å². The summed E-state index contributed by atoms with van der Waals surface area (Å²) >= 11 is 0. The second kappa shape index (κ2) is 12.7. The van der Waals surface area contributed by atoms with Crippen molar-refractivity contribution in [1.29, 1.82) is 0 Å². The highest BCUT2D eigenvalue weighted by molar-refractivity contribution is 5.81. The van der Waals surface area contributed by atoms with Crippen LogP contribution in [0.1, 0.15) is 57.7 Å². The molecule has 0 amide bonds. The SMILES string of the molecule is C/C(CCO)=C(\c1ccccc1)c1ccc(C)cc1.CC.CC. The molecule has 0 aliphatic heterocycles. The zero-order chi connectivity index (χ0) is 17.7. The minimum atomic E-state index is 0.189. The Kier molecular flexibility index (Phi) is 11.6. The van der Waals surface area contributed by atoms with Gasteiger partial charge in [-0.2, -0.15) is 0 Å². The van der Waals surface area contributed by atoms with E-state index in [0.717, 1.165) is 0 Å². The first kappa shape index (κ1) is 21.1. The average Bonchev–Trinajstić information content (AvgIpc) is 2.62. The van der Waals surface area contributed by atoms with Crippen molar-refractivity contribution in [3.8, 4) is 0 Å². The van der Waals surface area contributed by atoms with Crippen molar-refractivity contribution in [3.63, 3.8) is 0 Å². The van der Waals surface area contributed by atoms with Gasteiger partial charge in [0, 0.05) is 6.61 Å². The zero-order valence-electron chi connectivity index (χ0n) is 15.6. The highest BCUT2D eigenvalue weighted by atomic mass is 16.2. The van der Waals surface area contributed by atoms with Crippen molar-refractivity contribution >= 4 is 5.57 Å². The maximum atomic E-state index is 9.19. The molecule has 0 saturated heterocycles. The standard InChI is InChI=1S/C18H20O.2C2H6/c1-14-8-10-17(11-9-14)18(15(2)12-13-19)16-6-4-3-5-7-16;2*1-2/h3-11,19H,12-13H2,1-2H3;2*1-2H3/b18-15-;;. The van der Waals surface area contributed by atoms with Crippen LogP contribution in [0.2, 0.25) is 0 Å². The summed E-state index contributed by atoms with van der Waals surface area (Å²) in [5, 5.41) is 9.19. The van der Waals surface area contributed by atoms with Crippen LogP contribution >= 0.6 is 0 Å². The molecule has 0 saturated carbocycles. The topological polar surface area (TPSA) is 20.2 Å². The summed E-state index contributed by atoms with van der Waals surface area (Å²) in [5.74, 6) is 0. The Morgan fingerprint density at radius 2 is 1.26 bits per heavy atom. The molecule has 1 nitrogen and oxygen atoms in total. The molecule has 23 heavy (non-hydrogen) atoms. The quantitative estimate of drug-likeness (QED) is 0.707. The predicted molar refractivity (Wildman–Crippen MR) is 104 cm³/mol. The fourth-order valence-corrected chi connectivity index (χ4v) is 2.28. The Bertz CT molecular complexity index is 550. The van der Waals surface area contributed by atoms with Crippen LogP contribution in [0.15, 0.2) is 60.2 Å². The predicted octanol–water partition coefficient (Wildman–Crippen LogP) is 6.25. The Balaban J connectivity index is 0.00000112. The first-order valence-electron chi connectivity index (χ1n) is 8.65. The van der Waals surface area contributed by atoms with Gasteiger partial charge in [-0.05, 0) is 37.0 Å². The van der Waals surface area contributed by atoms with Crippen molar-refractivity contribution in [1.82, 2.24) is 0 Å². The Morgan fingerprint density at radius 3 is 1.74 bits per heavy atom. The van der Waals surface area contributed by atoms with Crippen LogP contribution in [0, 0.1) is 6.92 Å². The van der Waals surface area contributed by atoms with Crippen LogP contribution in [-0.2, 0) is 0 Å². The van der Waals surface area contributed by atoms with Crippen LogP contribution in [0.25, 0.3) is 5.57 Å². The van der Waals surface area contributed by atoms with Crippen LogP contribution in [0.5, 0.6) is 0 Å². The summed E-state index contributed by atoms with van der Waals surface area (Å²) in [6.07, 6.45) is 0.706. The minimum absolute atomic E-state index is 0.189. The summed E-state index contributed by atoms with van der Waals surface area (Å²) in [5.41, 5.74) is 6.13. The van der Waals surface area contributed by atoms with E-state index < -0.39 is 0 Å². The van der Waals surface area contributed by atoms with Gasteiger partial charge in [-0.3, -0.25) is 0 Å². The lowest BCUT2D eigenvalue weighted by Gasteiger charge is -2.13. The van der Waals surface area contributed by atoms with Gasteiger partial charge in [0.05, 0.1) is 0 Å². The van der Waals surface area contributed by atoms with Gasteiger partial charge < -0.3 is 5.11 Å². The molecule has 2 aromatic carbocycles. The van der Waals surface area contributed by atoms with E-state index in [2.05, 4.69) is 62.4 Å². The smallest absolute Gasteiger partial charge is 0.0468 e. The molecule has 0 atom stereocenters. The Morgan fingerprint density at radius 1 is 0.783 bits per heavy atom. The van der Waals surface area contributed by atoms with Crippen LogP contribution in [0.4, 0.5) is 0 Å². The van der Waals surface area contributed by atoms with Crippen LogP contribution in [-0.4, -0.2) is 11.7 Å². The highest BCUT2D eigenvalue weighted by Gasteiger charge is 2.08. The van der Waals surface area contributed by atoms with E-state index in [0.29, 0.717) is 6.42 Å². The second-order valence-corrected chi connectivity index (χ2v) is 4.86. The molecule has 126 valence electrons. The molecule has 0 spiro atoms. The molecule has 2 aromatic rings. The number of hydrogen-bond acceptors (Lipinski definition) is 1. The lowest BCUT2D eigenvalue weighted by atomic mass is 9.92. The largest absolute Gasteiger partial charge is 0.396 e. The fraction of sp³-hybridized carbons (Fsp3) is 0.364. The van der Waals surface area contributed by atoms with Crippen LogP contribution < -0.4 is 0 Å². The molecule has 0 bridgehead atoms. The van der Waals surface area contributed by atoms with E-state index in [1.165, 1.54) is 27.8 Å². The van der Waals surface area contributed by atoms with Gasteiger partial charge in [0.15, 0.2) is 0 Å². The summed E-state index contributed by atoms with van der Waals surface area (Å²) in [4.78, 5) is 0. The van der Waals surface area contributed by atoms with Crippen LogP contribution in [0.3, 0.4) is 0 Å². The highest BCUT2D eigenvalue weighted by Crippen LogP contribution is 2.28. The lowest BCUT2D eigenvalue weighted by Crippen LogP contribution is -1.95. The first-order valence-corrected chi connectivity index (χ1v) is 8.65. The van der Waals surface area contributed by atoms with E-state index in [4.69, 9.17) is 0 Å². The molecule has 1 N–H and O–H groups in total. The number of hydrogen-bond donors (Lipinski definition) is 1. The van der Waals surface area contributed by atoms with Gasteiger partial charge in [0.2, 0.25) is 0 Å². The van der Waals surface area contributed by atoms with E-state index in [1.807, 2.05) is 33.8 Å². The number of aryl methyl sites for hydroxylation is 1. The molecule has 0 aromatic heterocycles. The number of aliphatic hydroxyl groups is 1. The van der Waals surface area contributed by atoms with Crippen molar-refractivity contribution < 1.29 is 5.11 Å². The first-order chi connectivity index (χ1) is 11.2. The molecule has 1 heteroatoms. The number of aliphatic hydroxyl groups excluding tert-OH is 1. The van der Waals surface area contributed by atoms with E-state index in [1.54, 1.807) is 0 Å². The Hall–Kier alpha value is -1.86. The van der Waals surface area contributed by atoms with Crippen molar-refractivity contribution in [3.05, 3.63) is 76.9 Å². The molecule has 0 heterocycles. The molecule has 0 unspecified atom stereocenters. The third-order valence-corrected chi connectivity index (χ3v) is 3.32. The van der Waals surface area contributed by atoms with Crippen molar-refractivity contribution in [2.24, 2.45) is 0 Å². The Labute approximate surface area is 142 Å². The summed E-state index contributed by atoms with van der Waals surface area (Å²) in [6.45, 7) is 12.4. The van der Waals surface area contributed by atoms with Gasteiger partial charge in [0.1, 0.15) is 0 Å². The second-order valence-electron chi connectivity index (χ2n) is 4.86. The summed E-state index contributed by atoms with van der Waals surface area (Å²) < 4.78 is 0. The third kappa shape index (κ3) is 6.83. The molecular formula is C22H32O. The lowest BCUT2D eigenvalue weighted by molar-refractivity contribution is 0.299. The maximum Gasteiger partial charge on any atom is 0.0468 e. The molecule has 0 aliphatic rings. The normalized spacial score (nSPS) is 10.6. The van der Waals surface area contributed by atoms with E-state index >= 15 is 0 Å². The summed E-state index contributed by atoms with van der Waals surface area (Å²) in [6, 6.07) is 18.9. The molecule has 0 fully saturated rings. The molecule has 0 aliphatic carbocycles. The zero-order valence-corrected chi connectivity index (χ0v) is 15.6. The van der Waals surface area contributed by atoms with Gasteiger partial charge >= 0.3 is 0 Å². The number of rotatable bonds is 4. The van der Waals surface area contributed by atoms with Gasteiger partial charge in [-0.25, -0.2) is 0 Å². The molecule has 2 rings (SSSR count). The fourth-order valence-electron chi connectivity index (χ4n) is 2.28. The van der Waals surface area contributed by atoms with Gasteiger partial charge in [0.25, 0.3) is 0 Å².